The molecule has 0 aliphatic carbocycles. The van der Waals surface area contributed by atoms with Crippen molar-refractivity contribution in [3.05, 3.63) is 59.7 Å². The molecule has 0 unspecified atom stereocenters. The Hall–Kier alpha value is -1.44. The molecule has 0 spiro atoms. The molecule has 2 aromatic rings. The molecule has 5 nitrogen and oxygen atoms in total. The molecule has 1 heterocycles. The van der Waals surface area contributed by atoms with Gasteiger partial charge in [-0.2, -0.15) is 0 Å². The summed E-state index contributed by atoms with van der Waals surface area (Å²) in [5.41, 5.74) is 0.142. The van der Waals surface area contributed by atoms with E-state index in [1.54, 1.807) is 19.2 Å². The van der Waals surface area contributed by atoms with Crippen molar-refractivity contribution in [2.45, 2.75) is 6.54 Å². The minimum atomic E-state index is -0.528. The van der Waals surface area contributed by atoms with Crippen molar-refractivity contribution in [2.24, 2.45) is 0 Å². The molecule has 0 bridgehead atoms. The van der Waals surface area contributed by atoms with Gasteiger partial charge in [0.05, 0.1) is 20.3 Å². The second-order valence-electron chi connectivity index (χ2n) is 4.29. The first-order valence-electron chi connectivity index (χ1n) is 5.82. The van der Waals surface area contributed by atoms with Crippen molar-refractivity contribution >= 4 is 50.5 Å². The topological polar surface area (TPSA) is 63.5 Å². The number of hydrogen-bond acceptors (Lipinski definition) is 4. The van der Waals surface area contributed by atoms with E-state index in [1.807, 2.05) is 6.07 Å². The number of benzene rings is 1. The Balaban J connectivity index is 2.19. The lowest BCUT2D eigenvalue weighted by atomic mass is 10.2. The summed E-state index contributed by atoms with van der Waals surface area (Å²) in [5.74, 6) is -0.282. The molecule has 2 rings (SSSR count). The zero-order valence-corrected chi connectivity index (χ0v) is 14.0. The zero-order valence-electron chi connectivity index (χ0n) is 10.9. The number of halogens is 2. The van der Waals surface area contributed by atoms with Crippen LogP contribution in [0.15, 0.2) is 34.8 Å². The van der Waals surface area contributed by atoms with Gasteiger partial charge in [-0.05, 0) is 40.2 Å². The van der Waals surface area contributed by atoms with Gasteiger partial charge in [0.2, 0.25) is 0 Å². The monoisotopic (exact) mass is 388 g/mol. The Morgan fingerprint density at radius 3 is 2.71 bits per heavy atom. The lowest BCUT2D eigenvalue weighted by Crippen LogP contribution is -2.25. The molecule has 8 heteroatoms. The van der Waals surface area contributed by atoms with Crippen molar-refractivity contribution in [3.8, 4) is 0 Å². The molecule has 0 atom stereocenters. The molecule has 1 amide bonds. The third-order valence-electron chi connectivity index (χ3n) is 2.76. The van der Waals surface area contributed by atoms with Crippen LogP contribution in [0, 0.1) is 10.1 Å². The molecule has 0 fully saturated rings. The largest absolute Gasteiger partial charge is 0.337 e. The van der Waals surface area contributed by atoms with Crippen LogP contribution in [-0.4, -0.2) is 22.8 Å². The number of nitro groups is 1. The highest BCUT2D eigenvalue weighted by atomic mass is 79.9. The van der Waals surface area contributed by atoms with E-state index >= 15 is 0 Å². The lowest BCUT2D eigenvalue weighted by molar-refractivity contribution is -0.385. The molecule has 110 valence electrons. The van der Waals surface area contributed by atoms with E-state index in [9.17, 15) is 14.9 Å². The van der Waals surface area contributed by atoms with E-state index in [0.717, 1.165) is 4.88 Å². The van der Waals surface area contributed by atoms with Gasteiger partial charge in [-0.3, -0.25) is 14.9 Å². The van der Waals surface area contributed by atoms with E-state index in [0.29, 0.717) is 15.4 Å². The Morgan fingerprint density at radius 1 is 1.43 bits per heavy atom. The maximum Gasteiger partial charge on any atom is 0.284 e. The number of nitrogens with zero attached hydrogens (tertiary/aromatic N) is 2. The van der Waals surface area contributed by atoms with E-state index in [1.165, 1.54) is 28.4 Å². The SMILES string of the molecule is CN(Cc1ccc(Cl)s1)C(=O)c1ccc(Br)c([N+](=O)[O-])c1. The summed E-state index contributed by atoms with van der Waals surface area (Å²) in [5, 5.41) is 10.9. The standard InChI is InChI=1S/C13H10BrClN2O3S/c1-16(7-9-3-5-12(15)21-9)13(18)8-2-4-10(14)11(6-8)17(19)20/h2-6H,7H2,1H3. The van der Waals surface area contributed by atoms with E-state index < -0.39 is 4.92 Å². The van der Waals surface area contributed by atoms with Crippen LogP contribution in [0.25, 0.3) is 0 Å². The van der Waals surface area contributed by atoms with Gasteiger partial charge >= 0.3 is 0 Å². The fourth-order valence-electron chi connectivity index (χ4n) is 1.75. The molecule has 1 aromatic carbocycles. The third kappa shape index (κ3) is 3.81. The first-order chi connectivity index (χ1) is 9.88. The van der Waals surface area contributed by atoms with Crippen molar-refractivity contribution in [2.75, 3.05) is 7.05 Å². The lowest BCUT2D eigenvalue weighted by Gasteiger charge is -2.16. The van der Waals surface area contributed by atoms with Crippen LogP contribution >= 0.6 is 38.9 Å². The molecule has 0 aliphatic heterocycles. The molecule has 0 saturated heterocycles. The van der Waals surface area contributed by atoms with Crippen molar-refractivity contribution in [1.82, 2.24) is 4.90 Å². The van der Waals surface area contributed by atoms with Gasteiger partial charge in [0.1, 0.15) is 0 Å². The van der Waals surface area contributed by atoms with Crippen LogP contribution in [-0.2, 0) is 6.54 Å². The Bertz CT molecular complexity index is 704. The predicted molar refractivity (Wildman–Crippen MR) is 85.9 cm³/mol. The molecular formula is C13H10BrClN2O3S. The summed E-state index contributed by atoms with van der Waals surface area (Å²) < 4.78 is 1.00. The Labute approximate surface area is 138 Å². The molecular weight excluding hydrogens is 380 g/mol. The van der Waals surface area contributed by atoms with Crippen molar-refractivity contribution in [3.63, 3.8) is 0 Å². The van der Waals surface area contributed by atoms with Crippen LogP contribution in [0.5, 0.6) is 0 Å². The Kier molecular flexibility index (Phi) is 4.97. The number of carbonyl (C=O) groups excluding carboxylic acids is 1. The first-order valence-corrected chi connectivity index (χ1v) is 7.81. The average molecular weight is 390 g/mol. The van der Waals surface area contributed by atoms with Gasteiger partial charge in [0, 0.05) is 23.6 Å². The fraction of sp³-hybridized carbons (Fsp3) is 0.154. The highest BCUT2D eigenvalue weighted by Crippen LogP contribution is 2.27. The van der Waals surface area contributed by atoms with Gasteiger partial charge in [-0.25, -0.2) is 0 Å². The smallest absolute Gasteiger partial charge is 0.284 e. The van der Waals surface area contributed by atoms with Crippen LogP contribution in [0.4, 0.5) is 5.69 Å². The number of amides is 1. The van der Waals surface area contributed by atoms with Crippen molar-refractivity contribution in [1.29, 1.82) is 0 Å². The number of nitro benzene ring substituents is 1. The second-order valence-corrected chi connectivity index (χ2v) is 6.94. The number of hydrogen-bond donors (Lipinski definition) is 0. The summed E-state index contributed by atoms with van der Waals surface area (Å²) >= 11 is 10.3. The van der Waals surface area contributed by atoms with Crippen LogP contribution in [0.2, 0.25) is 4.34 Å². The molecule has 0 saturated carbocycles. The number of thiophene rings is 1. The highest BCUT2D eigenvalue weighted by Gasteiger charge is 2.18. The van der Waals surface area contributed by atoms with E-state index in [4.69, 9.17) is 11.6 Å². The quantitative estimate of drug-likeness (QED) is 0.577. The first kappa shape index (κ1) is 15.9. The summed E-state index contributed by atoms with van der Waals surface area (Å²) in [7, 11) is 1.64. The molecule has 1 aromatic heterocycles. The minimum Gasteiger partial charge on any atom is -0.337 e. The molecule has 0 aliphatic rings. The zero-order chi connectivity index (χ0) is 15.6. The van der Waals surface area contributed by atoms with Crippen LogP contribution in [0.1, 0.15) is 15.2 Å². The molecule has 0 N–H and O–H groups in total. The number of carbonyl (C=O) groups is 1. The normalized spacial score (nSPS) is 10.4. The van der Waals surface area contributed by atoms with Crippen molar-refractivity contribution < 1.29 is 9.72 Å². The van der Waals surface area contributed by atoms with Crippen LogP contribution in [0.3, 0.4) is 0 Å². The third-order valence-corrected chi connectivity index (χ3v) is 4.64. The van der Waals surface area contributed by atoms with Gasteiger partial charge in [-0.15, -0.1) is 11.3 Å². The molecule has 0 radical (unpaired) electrons. The van der Waals surface area contributed by atoms with Gasteiger partial charge in [0.25, 0.3) is 11.6 Å². The number of rotatable bonds is 4. The van der Waals surface area contributed by atoms with E-state index in [2.05, 4.69) is 15.9 Å². The summed E-state index contributed by atoms with van der Waals surface area (Å²) in [6, 6.07) is 7.94. The van der Waals surface area contributed by atoms with Crippen LogP contribution < -0.4 is 0 Å². The average Bonchev–Trinajstić information content (AvgIpc) is 2.83. The summed E-state index contributed by atoms with van der Waals surface area (Å²) in [4.78, 5) is 25.1. The van der Waals surface area contributed by atoms with Gasteiger partial charge < -0.3 is 4.90 Å². The fourth-order valence-corrected chi connectivity index (χ4v) is 3.28. The Morgan fingerprint density at radius 2 is 2.14 bits per heavy atom. The maximum atomic E-state index is 12.3. The second kappa shape index (κ2) is 6.55. The summed E-state index contributed by atoms with van der Waals surface area (Å²) in [6.45, 7) is 0.403. The maximum absolute atomic E-state index is 12.3. The van der Waals surface area contributed by atoms with E-state index in [-0.39, 0.29) is 17.2 Å². The minimum absolute atomic E-state index is 0.131. The van der Waals surface area contributed by atoms with Gasteiger partial charge in [-0.1, -0.05) is 11.6 Å². The molecule has 21 heavy (non-hydrogen) atoms. The summed E-state index contributed by atoms with van der Waals surface area (Å²) in [6.07, 6.45) is 0. The highest BCUT2D eigenvalue weighted by molar-refractivity contribution is 9.10. The predicted octanol–water partition coefficient (Wildman–Crippen LogP) is 4.34. The van der Waals surface area contributed by atoms with Gasteiger partial charge in [0.15, 0.2) is 0 Å².